The van der Waals surface area contributed by atoms with Crippen LogP contribution in [-0.2, 0) is 26.8 Å². The molecule has 2 rings (SSSR count). The fourth-order valence-corrected chi connectivity index (χ4v) is 3.66. The molecule has 0 spiro atoms. The van der Waals surface area contributed by atoms with Crippen molar-refractivity contribution >= 4 is 21.6 Å². The molecule has 1 atom stereocenters. The zero-order chi connectivity index (χ0) is 17.6. The average molecular weight is 368 g/mol. The molecule has 0 heterocycles. The van der Waals surface area contributed by atoms with Crippen LogP contribution >= 0.6 is 11.6 Å². The van der Waals surface area contributed by atoms with Crippen molar-refractivity contribution in [1.29, 1.82) is 0 Å². The Labute approximate surface area is 148 Å². The van der Waals surface area contributed by atoms with E-state index in [0.717, 1.165) is 11.1 Å². The van der Waals surface area contributed by atoms with E-state index < -0.39 is 15.6 Å². The summed E-state index contributed by atoms with van der Waals surface area (Å²) >= 11 is 6.02. The Morgan fingerprint density at radius 3 is 2.46 bits per heavy atom. The highest BCUT2D eigenvalue weighted by Crippen LogP contribution is 2.26. The third kappa shape index (κ3) is 5.31. The maximum atomic E-state index is 12.3. The normalized spacial score (nSPS) is 14.3. The van der Waals surface area contributed by atoms with Crippen molar-refractivity contribution in [3.8, 4) is 0 Å². The summed E-state index contributed by atoms with van der Waals surface area (Å²) in [5.41, 5.74) is 1.03. The van der Waals surface area contributed by atoms with Gasteiger partial charge in [0.05, 0.1) is 5.75 Å². The zero-order valence-electron chi connectivity index (χ0n) is 13.8. The number of sulfonamides is 1. The van der Waals surface area contributed by atoms with E-state index in [1.54, 1.807) is 19.2 Å². The third-order valence-electron chi connectivity index (χ3n) is 4.02. The first-order valence-corrected chi connectivity index (χ1v) is 9.70. The second kappa shape index (κ2) is 8.12. The number of ether oxygens (including phenoxy) is 1. The van der Waals surface area contributed by atoms with Gasteiger partial charge in [0, 0.05) is 18.7 Å². The minimum absolute atomic E-state index is 0.0341. The van der Waals surface area contributed by atoms with Crippen molar-refractivity contribution in [2.24, 2.45) is 0 Å². The summed E-state index contributed by atoms with van der Waals surface area (Å²) < 4.78 is 32.7. The molecule has 2 aromatic carbocycles. The molecule has 1 unspecified atom stereocenters. The lowest BCUT2D eigenvalue weighted by molar-refractivity contribution is 0.00699. The Morgan fingerprint density at radius 2 is 1.83 bits per heavy atom. The summed E-state index contributed by atoms with van der Waals surface area (Å²) in [6, 6.07) is 16.8. The SMILES string of the molecule is COC(C)(CNS(=O)(=O)CCc1ccccc1)c1cccc(Cl)c1. The van der Waals surface area contributed by atoms with Crippen LogP contribution in [0.4, 0.5) is 0 Å². The largest absolute Gasteiger partial charge is 0.372 e. The average Bonchev–Trinajstić information content (AvgIpc) is 2.59. The van der Waals surface area contributed by atoms with Crippen LogP contribution in [-0.4, -0.2) is 27.8 Å². The van der Waals surface area contributed by atoms with Crippen LogP contribution in [0.2, 0.25) is 5.02 Å². The minimum Gasteiger partial charge on any atom is -0.372 e. The van der Waals surface area contributed by atoms with Gasteiger partial charge >= 0.3 is 0 Å². The summed E-state index contributed by atoms with van der Waals surface area (Å²) in [5, 5.41) is 0.586. The van der Waals surface area contributed by atoms with E-state index in [9.17, 15) is 8.42 Å². The van der Waals surface area contributed by atoms with Gasteiger partial charge in [-0.15, -0.1) is 0 Å². The summed E-state index contributed by atoms with van der Waals surface area (Å²) in [6.07, 6.45) is 0.469. The molecule has 0 amide bonds. The Kier molecular flexibility index (Phi) is 6.40. The molecule has 0 aliphatic carbocycles. The standard InChI is InChI=1S/C18H22ClNO3S/c1-18(23-2,16-9-6-10-17(19)13-16)14-20-24(21,22)12-11-15-7-4-3-5-8-15/h3-10,13,20H,11-12,14H2,1-2H3. The van der Waals surface area contributed by atoms with Crippen molar-refractivity contribution in [3.63, 3.8) is 0 Å². The number of hydrogen-bond acceptors (Lipinski definition) is 3. The maximum absolute atomic E-state index is 12.3. The number of hydrogen-bond donors (Lipinski definition) is 1. The first kappa shape index (κ1) is 18.9. The van der Waals surface area contributed by atoms with Crippen molar-refractivity contribution in [2.75, 3.05) is 19.4 Å². The van der Waals surface area contributed by atoms with Gasteiger partial charge in [-0.3, -0.25) is 0 Å². The number of halogens is 1. The molecule has 0 aromatic heterocycles. The molecular formula is C18H22ClNO3S. The monoisotopic (exact) mass is 367 g/mol. The molecule has 6 heteroatoms. The van der Waals surface area contributed by atoms with Gasteiger partial charge in [0.2, 0.25) is 10.0 Å². The molecule has 0 bridgehead atoms. The topological polar surface area (TPSA) is 55.4 Å². The first-order valence-electron chi connectivity index (χ1n) is 7.67. The van der Waals surface area contributed by atoms with Gasteiger partial charge in [-0.2, -0.15) is 0 Å². The predicted molar refractivity (Wildman–Crippen MR) is 97.7 cm³/mol. The van der Waals surface area contributed by atoms with Crippen molar-refractivity contribution in [3.05, 3.63) is 70.7 Å². The maximum Gasteiger partial charge on any atom is 0.212 e. The fraction of sp³-hybridized carbons (Fsp3) is 0.333. The van der Waals surface area contributed by atoms with E-state index in [0.29, 0.717) is 11.4 Å². The summed E-state index contributed by atoms with van der Waals surface area (Å²) in [7, 11) is -1.85. The number of benzene rings is 2. The molecule has 24 heavy (non-hydrogen) atoms. The molecule has 4 nitrogen and oxygen atoms in total. The van der Waals surface area contributed by atoms with Crippen LogP contribution in [0.3, 0.4) is 0 Å². The molecule has 130 valence electrons. The van der Waals surface area contributed by atoms with Gasteiger partial charge in [0.15, 0.2) is 0 Å². The van der Waals surface area contributed by atoms with Gasteiger partial charge in [-0.05, 0) is 36.6 Å². The van der Waals surface area contributed by atoms with E-state index in [4.69, 9.17) is 16.3 Å². The highest BCUT2D eigenvalue weighted by atomic mass is 35.5. The Balaban J connectivity index is 2.01. The Bertz CT molecular complexity index is 765. The van der Waals surface area contributed by atoms with Crippen LogP contribution in [0.25, 0.3) is 0 Å². The van der Waals surface area contributed by atoms with E-state index in [-0.39, 0.29) is 12.3 Å². The van der Waals surface area contributed by atoms with Gasteiger partial charge < -0.3 is 4.74 Å². The smallest absolute Gasteiger partial charge is 0.212 e. The first-order chi connectivity index (χ1) is 11.3. The van der Waals surface area contributed by atoms with E-state index in [1.165, 1.54) is 0 Å². The predicted octanol–water partition coefficient (Wildman–Crippen LogP) is 3.36. The van der Waals surface area contributed by atoms with Crippen LogP contribution < -0.4 is 4.72 Å². The Morgan fingerprint density at radius 1 is 1.12 bits per heavy atom. The lowest BCUT2D eigenvalue weighted by atomic mass is 9.96. The van der Waals surface area contributed by atoms with Crippen molar-refractivity contribution < 1.29 is 13.2 Å². The van der Waals surface area contributed by atoms with Crippen LogP contribution in [0.15, 0.2) is 54.6 Å². The second-order valence-electron chi connectivity index (χ2n) is 5.82. The molecular weight excluding hydrogens is 346 g/mol. The molecule has 1 N–H and O–H groups in total. The molecule has 0 saturated heterocycles. The quantitative estimate of drug-likeness (QED) is 0.778. The molecule has 0 radical (unpaired) electrons. The van der Waals surface area contributed by atoms with Gasteiger partial charge in [0.1, 0.15) is 5.60 Å². The van der Waals surface area contributed by atoms with Crippen molar-refractivity contribution in [2.45, 2.75) is 18.9 Å². The van der Waals surface area contributed by atoms with Gasteiger partial charge in [-0.25, -0.2) is 13.1 Å². The van der Waals surface area contributed by atoms with E-state index in [1.807, 2.05) is 49.4 Å². The number of methoxy groups -OCH3 is 1. The Hall–Kier alpha value is -1.40. The summed E-state index contributed by atoms with van der Waals surface area (Å²) in [4.78, 5) is 0. The van der Waals surface area contributed by atoms with Gasteiger partial charge in [-0.1, -0.05) is 54.1 Å². The van der Waals surface area contributed by atoms with Gasteiger partial charge in [0.25, 0.3) is 0 Å². The zero-order valence-corrected chi connectivity index (χ0v) is 15.4. The van der Waals surface area contributed by atoms with Crippen LogP contribution in [0.1, 0.15) is 18.1 Å². The van der Waals surface area contributed by atoms with E-state index in [2.05, 4.69) is 4.72 Å². The lowest BCUT2D eigenvalue weighted by Crippen LogP contribution is -2.41. The van der Waals surface area contributed by atoms with Crippen molar-refractivity contribution in [1.82, 2.24) is 4.72 Å². The lowest BCUT2D eigenvalue weighted by Gasteiger charge is -2.29. The molecule has 2 aromatic rings. The highest BCUT2D eigenvalue weighted by molar-refractivity contribution is 7.89. The minimum atomic E-state index is -3.40. The summed E-state index contributed by atoms with van der Waals surface area (Å²) in [6.45, 7) is 1.97. The number of aryl methyl sites for hydroxylation is 1. The number of rotatable bonds is 8. The second-order valence-corrected chi connectivity index (χ2v) is 8.18. The molecule has 0 aliphatic heterocycles. The van der Waals surface area contributed by atoms with Crippen LogP contribution in [0, 0.1) is 0 Å². The number of nitrogens with one attached hydrogen (secondary N) is 1. The fourth-order valence-electron chi connectivity index (χ4n) is 2.33. The summed E-state index contributed by atoms with van der Waals surface area (Å²) in [5.74, 6) is 0.0341. The molecule has 0 fully saturated rings. The molecule has 0 saturated carbocycles. The molecule has 0 aliphatic rings. The van der Waals surface area contributed by atoms with Crippen LogP contribution in [0.5, 0.6) is 0 Å². The van der Waals surface area contributed by atoms with E-state index >= 15 is 0 Å². The highest BCUT2D eigenvalue weighted by Gasteiger charge is 2.28. The third-order valence-corrected chi connectivity index (χ3v) is 5.58.